The fourth-order valence-electron chi connectivity index (χ4n) is 3.80. The lowest BCUT2D eigenvalue weighted by Crippen LogP contribution is -2.50. The van der Waals surface area contributed by atoms with Crippen molar-refractivity contribution >= 4 is 22.7 Å². The molecular weight excluding hydrogens is 364 g/mol. The number of fused-ring (bicyclic) bond motifs is 1. The molecule has 1 aromatic heterocycles. The zero-order valence-electron chi connectivity index (χ0n) is 16.4. The Morgan fingerprint density at radius 2 is 1.66 bits per heavy atom. The van der Waals surface area contributed by atoms with Gasteiger partial charge in [0.1, 0.15) is 0 Å². The van der Waals surface area contributed by atoms with Gasteiger partial charge >= 0.3 is 0 Å². The van der Waals surface area contributed by atoms with E-state index in [-0.39, 0.29) is 24.8 Å². The van der Waals surface area contributed by atoms with Crippen molar-refractivity contribution < 1.29 is 9.59 Å². The van der Waals surface area contributed by atoms with E-state index in [0.29, 0.717) is 13.1 Å². The van der Waals surface area contributed by atoms with E-state index in [4.69, 9.17) is 0 Å². The summed E-state index contributed by atoms with van der Waals surface area (Å²) in [7, 11) is 0. The molecule has 1 aliphatic heterocycles. The van der Waals surface area contributed by atoms with Gasteiger partial charge in [-0.05, 0) is 17.2 Å². The summed E-state index contributed by atoms with van der Waals surface area (Å²) in [6.45, 7) is 4.06. The lowest BCUT2D eigenvalue weighted by atomic mass is 10.1. The van der Waals surface area contributed by atoms with Crippen LogP contribution in [0.4, 0.5) is 0 Å². The first-order valence-electron chi connectivity index (χ1n) is 10.0. The molecule has 2 N–H and O–H groups in total. The highest BCUT2D eigenvalue weighted by Gasteiger charge is 2.21. The third-order valence-electron chi connectivity index (χ3n) is 5.44. The number of aromatic nitrogens is 1. The van der Waals surface area contributed by atoms with Gasteiger partial charge in [-0.1, -0.05) is 48.5 Å². The number of hydrogen-bond donors (Lipinski definition) is 2. The number of carbonyl (C=O) groups is 2. The lowest BCUT2D eigenvalue weighted by molar-refractivity contribution is -0.134. The average Bonchev–Trinajstić information content (AvgIpc) is 3.16. The molecule has 6 nitrogen and oxygen atoms in total. The summed E-state index contributed by atoms with van der Waals surface area (Å²) in [5, 5.41) is 3.82. The van der Waals surface area contributed by atoms with Gasteiger partial charge in [-0.2, -0.15) is 0 Å². The van der Waals surface area contributed by atoms with Crippen LogP contribution in [0.3, 0.4) is 0 Å². The molecule has 0 saturated carbocycles. The summed E-state index contributed by atoms with van der Waals surface area (Å²) in [5.74, 6) is -0.151. The molecule has 150 valence electrons. The van der Waals surface area contributed by atoms with Crippen LogP contribution < -0.4 is 5.32 Å². The molecule has 0 atom stereocenters. The van der Waals surface area contributed by atoms with Crippen LogP contribution in [0.1, 0.15) is 11.1 Å². The zero-order chi connectivity index (χ0) is 20.1. The molecule has 2 amide bonds. The van der Waals surface area contributed by atoms with Crippen LogP contribution in [-0.2, 0) is 22.6 Å². The van der Waals surface area contributed by atoms with Gasteiger partial charge < -0.3 is 15.2 Å². The molecule has 0 unspecified atom stereocenters. The van der Waals surface area contributed by atoms with E-state index in [1.807, 2.05) is 53.6 Å². The monoisotopic (exact) mass is 390 g/mol. The van der Waals surface area contributed by atoms with Crippen LogP contribution in [0, 0.1) is 0 Å². The van der Waals surface area contributed by atoms with Crippen molar-refractivity contribution in [2.45, 2.75) is 13.0 Å². The van der Waals surface area contributed by atoms with E-state index in [1.54, 1.807) is 0 Å². The van der Waals surface area contributed by atoms with Crippen LogP contribution in [0.15, 0.2) is 60.8 Å². The number of rotatable bonds is 6. The van der Waals surface area contributed by atoms with Crippen molar-refractivity contribution in [3.05, 3.63) is 71.9 Å². The predicted octanol–water partition coefficient (Wildman–Crippen LogP) is 2.17. The number of benzene rings is 2. The molecular formula is C23H26N4O2. The van der Waals surface area contributed by atoms with Gasteiger partial charge in [0.2, 0.25) is 11.8 Å². The fourth-order valence-corrected chi connectivity index (χ4v) is 3.80. The molecule has 1 aliphatic rings. The van der Waals surface area contributed by atoms with Crippen LogP contribution in [-0.4, -0.2) is 59.3 Å². The first-order valence-corrected chi connectivity index (χ1v) is 10.0. The molecule has 1 saturated heterocycles. The van der Waals surface area contributed by atoms with Crippen molar-refractivity contribution in [2.24, 2.45) is 0 Å². The summed E-state index contributed by atoms with van der Waals surface area (Å²) >= 11 is 0. The van der Waals surface area contributed by atoms with Crippen LogP contribution in [0.2, 0.25) is 0 Å². The van der Waals surface area contributed by atoms with E-state index in [2.05, 4.69) is 27.3 Å². The van der Waals surface area contributed by atoms with E-state index in [9.17, 15) is 9.59 Å². The molecule has 29 heavy (non-hydrogen) atoms. The number of H-pyrrole nitrogens is 1. The second kappa shape index (κ2) is 8.92. The third-order valence-corrected chi connectivity index (χ3v) is 5.44. The second-order valence-electron chi connectivity index (χ2n) is 7.46. The van der Waals surface area contributed by atoms with Gasteiger partial charge in [0.05, 0.1) is 13.0 Å². The van der Waals surface area contributed by atoms with E-state index < -0.39 is 0 Å². The largest absolute Gasteiger partial charge is 0.361 e. The van der Waals surface area contributed by atoms with Crippen molar-refractivity contribution in [2.75, 3.05) is 32.7 Å². The molecule has 1 fully saturated rings. The van der Waals surface area contributed by atoms with E-state index in [1.165, 1.54) is 5.56 Å². The number of piperazine rings is 1. The Bertz CT molecular complexity index is 975. The number of nitrogens with one attached hydrogen (secondary N) is 2. The summed E-state index contributed by atoms with van der Waals surface area (Å²) in [6.07, 6.45) is 2.13. The molecule has 2 heterocycles. The first kappa shape index (κ1) is 19.2. The van der Waals surface area contributed by atoms with Gasteiger partial charge in [0.25, 0.3) is 0 Å². The lowest BCUT2D eigenvalue weighted by Gasteiger charge is -2.34. The highest BCUT2D eigenvalue weighted by Crippen LogP contribution is 2.18. The molecule has 4 rings (SSSR count). The summed E-state index contributed by atoms with van der Waals surface area (Å²) < 4.78 is 0. The van der Waals surface area contributed by atoms with Crippen molar-refractivity contribution in [3.63, 3.8) is 0 Å². The average molecular weight is 390 g/mol. The number of amides is 2. The van der Waals surface area contributed by atoms with Crippen molar-refractivity contribution in [1.82, 2.24) is 20.1 Å². The van der Waals surface area contributed by atoms with Crippen LogP contribution in [0.25, 0.3) is 10.9 Å². The van der Waals surface area contributed by atoms with Gasteiger partial charge in [-0.3, -0.25) is 14.5 Å². The Morgan fingerprint density at radius 3 is 2.45 bits per heavy atom. The molecule has 0 aliphatic carbocycles. The minimum atomic E-state index is -0.134. The Morgan fingerprint density at radius 1 is 0.931 bits per heavy atom. The van der Waals surface area contributed by atoms with Gasteiger partial charge in [0, 0.05) is 49.8 Å². The van der Waals surface area contributed by atoms with Crippen molar-refractivity contribution in [3.8, 4) is 0 Å². The third kappa shape index (κ3) is 4.84. The zero-order valence-corrected chi connectivity index (χ0v) is 16.4. The quantitative estimate of drug-likeness (QED) is 0.678. The number of para-hydroxylation sites is 1. The SMILES string of the molecule is O=C(Cc1c[nH]c2ccccc12)NCC(=O)N1CCN(Cc2ccccc2)CC1. The molecule has 0 radical (unpaired) electrons. The Balaban J connectivity index is 1.21. The Kier molecular flexibility index (Phi) is 5.91. The standard InChI is InChI=1S/C23H26N4O2/c28-22(14-19-15-24-21-9-5-4-8-20(19)21)25-16-23(29)27-12-10-26(11-13-27)17-18-6-2-1-3-7-18/h1-9,15,24H,10-14,16-17H2,(H,25,28). The predicted molar refractivity (Wildman–Crippen MR) is 113 cm³/mol. The highest BCUT2D eigenvalue weighted by molar-refractivity contribution is 5.90. The normalized spacial score (nSPS) is 14.8. The maximum absolute atomic E-state index is 12.5. The molecule has 0 bridgehead atoms. The second-order valence-corrected chi connectivity index (χ2v) is 7.46. The first-order chi connectivity index (χ1) is 14.2. The van der Waals surface area contributed by atoms with Crippen LogP contribution in [0.5, 0.6) is 0 Å². The highest BCUT2D eigenvalue weighted by atomic mass is 16.2. The van der Waals surface area contributed by atoms with Gasteiger partial charge in [-0.25, -0.2) is 0 Å². The summed E-state index contributed by atoms with van der Waals surface area (Å²) in [6, 6.07) is 18.3. The topological polar surface area (TPSA) is 68.4 Å². The van der Waals surface area contributed by atoms with Gasteiger partial charge in [0.15, 0.2) is 0 Å². The molecule has 6 heteroatoms. The Labute approximate surface area is 170 Å². The number of nitrogens with zero attached hydrogens (tertiary/aromatic N) is 2. The van der Waals surface area contributed by atoms with E-state index >= 15 is 0 Å². The number of carbonyl (C=O) groups excluding carboxylic acids is 2. The molecule has 0 spiro atoms. The smallest absolute Gasteiger partial charge is 0.242 e. The van der Waals surface area contributed by atoms with Crippen molar-refractivity contribution in [1.29, 1.82) is 0 Å². The van der Waals surface area contributed by atoms with Crippen LogP contribution >= 0.6 is 0 Å². The number of aromatic amines is 1. The summed E-state index contributed by atoms with van der Waals surface area (Å²) in [4.78, 5) is 32.1. The fraction of sp³-hybridized carbons (Fsp3) is 0.304. The van der Waals surface area contributed by atoms with Gasteiger partial charge in [-0.15, -0.1) is 0 Å². The molecule has 3 aromatic rings. The summed E-state index contributed by atoms with van der Waals surface area (Å²) in [5.41, 5.74) is 3.25. The Hall–Kier alpha value is -3.12. The van der Waals surface area contributed by atoms with E-state index in [0.717, 1.165) is 36.1 Å². The maximum Gasteiger partial charge on any atom is 0.242 e. The minimum Gasteiger partial charge on any atom is -0.361 e. The maximum atomic E-state index is 12.5. The number of hydrogen-bond acceptors (Lipinski definition) is 3. The minimum absolute atomic E-state index is 0.0170. The molecule has 2 aromatic carbocycles.